The second kappa shape index (κ2) is 8.99. The van der Waals surface area contributed by atoms with Gasteiger partial charge >= 0.3 is 0 Å². The Labute approximate surface area is 148 Å². The van der Waals surface area contributed by atoms with Gasteiger partial charge in [0.25, 0.3) is 0 Å². The SMILES string of the molecule is CN(CCCN1CCOCC1)[C@@H](c1ccc(F)cc1)c1ncccn1. The zero-order chi connectivity index (χ0) is 17.5. The summed E-state index contributed by atoms with van der Waals surface area (Å²) < 4.78 is 18.7. The summed E-state index contributed by atoms with van der Waals surface area (Å²) in [6.45, 7) is 5.63. The van der Waals surface area contributed by atoms with Gasteiger partial charge in [0.1, 0.15) is 11.6 Å². The summed E-state index contributed by atoms with van der Waals surface area (Å²) in [5.74, 6) is 0.509. The van der Waals surface area contributed by atoms with Crippen molar-refractivity contribution in [1.29, 1.82) is 0 Å². The van der Waals surface area contributed by atoms with Crippen molar-refractivity contribution >= 4 is 0 Å². The van der Waals surface area contributed by atoms with E-state index in [2.05, 4.69) is 26.8 Å². The van der Waals surface area contributed by atoms with Crippen LogP contribution in [0.4, 0.5) is 4.39 Å². The minimum Gasteiger partial charge on any atom is -0.379 e. The molecule has 0 amide bonds. The molecule has 0 aliphatic carbocycles. The topological polar surface area (TPSA) is 41.5 Å². The minimum atomic E-state index is -0.230. The van der Waals surface area contributed by atoms with Gasteiger partial charge in [0.2, 0.25) is 0 Å². The lowest BCUT2D eigenvalue weighted by atomic mass is 10.0. The lowest BCUT2D eigenvalue weighted by Gasteiger charge is -2.30. The molecule has 3 rings (SSSR count). The molecule has 1 aliphatic heterocycles. The molecule has 25 heavy (non-hydrogen) atoms. The van der Waals surface area contributed by atoms with Gasteiger partial charge in [-0.15, -0.1) is 0 Å². The molecule has 0 bridgehead atoms. The average molecular weight is 344 g/mol. The molecule has 5 nitrogen and oxygen atoms in total. The van der Waals surface area contributed by atoms with Crippen molar-refractivity contribution in [2.24, 2.45) is 0 Å². The van der Waals surface area contributed by atoms with Crippen molar-refractivity contribution in [3.63, 3.8) is 0 Å². The summed E-state index contributed by atoms with van der Waals surface area (Å²) in [6, 6.07) is 8.35. The summed E-state index contributed by atoms with van der Waals surface area (Å²) >= 11 is 0. The van der Waals surface area contributed by atoms with E-state index in [1.165, 1.54) is 12.1 Å². The maximum Gasteiger partial charge on any atom is 0.149 e. The van der Waals surface area contributed by atoms with E-state index in [1.807, 2.05) is 18.2 Å². The van der Waals surface area contributed by atoms with Gasteiger partial charge in [0.15, 0.2) is 0 Å². The van der Waals surface area contributed by atoms with Crippen LogP contribution in [-0.2, 0) is 4.74 Å². The molecule has 1 fully saturated rings. The lowest BCUT2D eigenvalue weighted by Crippen LogP contribution is -2.38. The van der Waals surface area contributed by atoms with Crippen molar-refractivity contribution in [1.82, 2.24) is 19.8 Å². The standard InChI is InChI=1S/C19H25FN4O/c1-23(10-3-11-24-12-14-25-15-13-24)18(19-21-8-2-9-22-19)16-4-6-17(20)7-5-16/h2,4-9,18H,3,10-15H2,1H3/t18-/m0/s1. The number of rotatable bonds is 7. The molecule has 0 saturated carbocycles. The van der Waals surface area contributed by atoms with Gasteiger partial charge in [-0.2, -0.15) is 0 Å². The van der Waals surface area contributed by atoms with Crippen molar-refractivity contribution < 1.29 is 9.13 Å². The maximum absolute atomic E-state index is 13.3. The van der Waals surface area contributed by atoms with Crippen LogP contribution in [0.15, 0.2) is 42.7 Å². The number of halogens is 1. The zero-order valence-corrected chi connectivity index (χ0v) is 14.6. The first-order chi connectivity index (χ1) is 12.2. The Hall–Kier alpha value is -1.89. The normalized spacial score (nSPS) is 16.9. The number of nitrogens with zero attached hydrogens (tertiary/aromatic N) is 4. The van der Waals surface area contributed by atoms with E-state index in [9.17, 15) is 4.39 Å². The van der Waals surface area contributed by atoms with Gasteiger partial charge in [-0.1, -0.05) is 12.1 Å². The fourth-order valence-corrected chi connectivity index (χ4v) is 3.20. The monoisotopic (exact) mass is 344 g/mol. The Kier molecular flexibility index (Phi) is 6.44. The summed E-state index contributed by atoms with van der Waals surface area (Å²) in [6.07, 6.45) is 4.56. The Morgan fingerprint density at radius 1 is 1.16 bits per heavy atom. The molecule has 134 valence electrons. The molecule has 0 spiro atoms. The number of ether oxygens (including phenoxy) is 1. The van der Waals surface area contributed by atoms with E-state index < -0.39 is 0 Å². The highest BCUT2D eigenvalue weighted by Gasteiger charge is 2.22. The average Bonchev–Trinajstić information content (AvgIpc) is 2.65. The van der Waals surface area contributed by atoms with Crippen molar-refractivity contribution in [2.75, 3.05) is 46.4 Å². The number of hydrogen-bond acceptors (Lipinski definition) is 5. The third-order valence-corrected chi connectivity index (χ3v) is 4.55. The number of aromatic nitrogens is 2. The van der Waals surface area contributed by atoms with Gasteiger partial charge in [-0.25, -0.2) is 14.4 Å². The zero-order valence-electron chi connectivity index (χ0n) is 14.6. The second-order valence-electron chi connectivity index (χ2n) is 6.35. The van der Waals surface area contributed by atoms with Crippen LogP contribution < -0.4 is 0 Å². The van der Waals surface area contributed by atoms with Crippen LogP contribution >= 0.6 is 0 Å². The fraction of sp³-hybridized carbons (Fsp3) is 0.474. The highest BCUT2D eigenvalue weighted by atomic mass is 19.1. The molecule has 2 heterocycles. The number of morpholine rings is 1. The molecular weight excluding hydrogens is 319 g/mol. The van der Waals surface area contributed by atoms with E-state index in [0.29, 0.717) is 0 Å². The summed E-state index contributed by atoms with van der Waals surface area (Å²) in [7, 11) is 2.07. The van der Waals surface area contributed by atoms with E-state index in [0.717, 1.165) is 57.2 Å². The molecule has 1 atom stereocenters. The molecule has 0 N–H and O–H groups in total. The molecular formula is C19H25FN4O. The second-order valence-corrected chi connectivity index (χ2v) is 6.35. The molecule has 1 saturated heterocycles. The maximum atomic E-state index is 13.3. The molecule has 6 heteroatoms. The molecule has 0 unspecified atom stereocenters. The van der Waals surface area contributed by atoms with Crippen LogP contribution in [-0.4, -0.2) is 66.2 Å². The Morgan fingerprint density at radius 3 is 2.52 bits per heavy atom. The largest absolute Gasteiger partial charge is 0.379 e. The van der Waals surface area contributed by atoms with Gasteiger partial charge in [-0.3, -0.25) is 9.80 Å². The van der Waals surface area contributed by atoms with Crippen molar-refractivity contribution in [2.45, 2.75) is 12.5 Å². The van der Waals surface area contributed by atoms with Gasteiger partial charge in [-0.05, 0) is 43.8 Å². The highest BCUT2D eigenvalue weighted by Crippen LogP contribution is 2.25. The Morgan fingerprint density at radius 2 is 1.84 bits per heavy atom. The molecule has 0 radical (unpaired) electrons. The van der Waals surface area contributed by atoms with E-state index in [4.69, 9.17) is 4.74 Å². The van der Waals surface area contributed by atoms with Crippen molar-refractivity contribution in [3.8, 4) is 0 Å². The Balaban J connectivity index is 1.66. The summed E-state index contributed by atoms with van der Waals surface area (Å²) in [5.41, 5.74) is 1.00. The first-order valence-corrected chi connectivity index (χ1v) is 8.77. The van der Waals surface area contributed by atoms with Gasteiger partial charge in [0, 0.05) is 32.0 Å². The summed E-state index contributed by atoms with van der Waals surface area (Å²) in [5, 5.41) is 0. The summed E-state index contributed by atoms with van der Waals surface area (Å²) in [4.78, 5) is 13.5. The van der Waals surface area contributed by atoms with Gasteiger partial charge in [0.05, 0.1) is 19.3 Å². The third-order valence-electron chi connectivity index (χ3n) is 4.55. The molecule has 1 aromatic carbocycles. The molecule has 1 aliphatic rings. The lowest BCUT2D eigenvalue weighted by molar-refractivity contribution is 0.0360. The predicted molar refractivity (Wildman–Crippen MR) is 94.8 cm³/mol. The van der Waals surface area contributed by atoms with Crippen LogP contribution in [0.2, 0.25) is 0 Å². The van der Waals surface area contributed by atoms with Gasteiger partial charge < -0.3 is 4.74 Å². The van der Waals surface area contributed by atoms with Crippen molar-refractivity contribution in [3.05, 3.63) is 59.9 Å². The van der Waals surface area contributed by atoms with Crippen LogP contribution in [0.25, 0.3) is 0 Å². The van der Waals surface area contributed by atoms with Crippen LogP contribution in [0.1, 0.15) is 23.9 Å². The first-order valence-electron chi connectivity index (χ1n) is 8.77. The predicted octanol–water partition coefficient (Wildman–Crippen LogP) is 2.36. The van der Waals surface area contributed by atoms with E-state index in [1.54, 1.807) is 12.4 Å². The number of benzene rings is 1. The molecule has 1 aromatic heterocycles. The fourth-order valence-electron chi connectivity index (χ4n) is 3.20. The quantitative estimate of drug-likeness (QED) is 0.771. The highest BCUT2D eigenvalue weighted by molar-refractivity contribution is 5.25. The molecule has 2 aromatic rings. The van der Waals surface area contributed by atoms with E-state index >= 15 is 0 Å². The van der Waals surface area contributed by atoms with E-state index in [-0.39, 0.29) is 11.9 Å². The number of hydrogen-bond donors (Lipinski definition) is 0. The Bertz CT molecular complexity index is 632. The minimum absolute atomic E-state index is 0.0773. The van der Waals surface area contributed by atoms with Crippen LogP contribution in [0, 0.1) is 5.82 Å². The van der Waals surface area contributed by atoms with Crippen LogP contribution in [0.5, 0.6) is 0 Å². The first kappa shape index (κ1) is 17.9. The third kappa shape index (κ3) is 5.04. The smallest absolute Gasteiger partial charge is 0.149 e. The van der Waals surface area contributed by atoms with Crippen LogP contribution in [0.3, 0.4) is 0 Å².